The molecule has 0 unspecified atom stereocenters. The summed E-state index contributed by atoms with van der Waals surface area (Å²) in [5, 5.41) is 6.68. The second kappa shape index (κ2) is 9.14. The number of rotatable bonds is 7. The van der Waals surface area contributed by atoms with Crippen molar-refractivity contribution >= 4 is 17.7 Å². The molecule has 1 atom stereocenters. The second-order valence-electron chi connectivity index (χ2n) is 6.95. The first-order chi connectivity index (χ1) is 12.7. The molecule has 2 heterocycles. The van der Waals surface area contributed by atoms with Crippen LogP contribution in [-0.2, 0) is 9.47 Å². The third-order valence-electron chi connectivity index (χ3n) is 4.97. The first-order valence-corrected chi connectivity index (χ1v) is 9.55. The van der Waals surface area contributed by atoms with Crippen LogP contribution in [0.15, 0.2) is 6.20 Å². The lowest BCUT2D eigenvalue weighted by Gasteiger charge is -2.29. The molecular formula is C18H29N5O3. The minimum atomic E-state index is -0.534. The van der Waals surface area contributed by atoms with Crippen molar-refractivity contribution in [1.82, 2.24) is 9.97 Å². The first-order valence-electron chi connectivity index (χ1n) is 9.55. The normalized spacial score (nSPS) is 26.3. The highest BCUT2D eigenvalue weighted by atomic mass is 16.5. The molecule has 1 aromatic rings. The molecule has 1 saturated carbocycles. The minimum Gasteiger partial charge on any atom is -0.379 e. The zero-order valence-electron chi connectivity index (χ0n) is 15.4. The van der Waals surface area contributed by atoms with Crippen LogP contribution in [0.3, 0.4) is 0 Å². The average Bonchev–Trinajstić information content (AvgIpc) is 2.64. The van der Waals surface area contributed by atoms with Crippen LogP contribution in [0.2, 0.25) is 0 Å². The zero-order chi connectivity index (χ0) is 18.4. The fourth-order valence-electron chi connectivity index (χ4n) is 3.58. The molecule has 2 fully saturated rings. The lowest BCUT2D eigenvalue weighted by molar-refractivity contribution is 0.0346. The van der Waals surface area contributed by atoms with E-state index in [4.69, 9.17) is 15.2 Å². The molecule has 144 valence electrons. The van der Waals surface area contributed by atoms with E-state index in [0.717, 1.165) is 51.7 Å². The Morgan fingerprint density at radius 1 is 1.27 bits per heavy atom. The van der Waals surface area contributed by atoms with Gasteiger partial charge in [-0.2, -0.15) is 4.98 Å². The Bertz CT molecular complexity index is 598. The number of carbonyl (C=O) groups excluding carboxylic acids is 1. The molecule has 26 heavy (non-hydrogen) atoms. The summed E-state index contributed by atoms with van der Waals surface area (Å²) in [6.45, 7) is 4.18. The molecule has 0 spiro atoms. The van der Waals surface area contributed by atoms with Crippen molar-refractivity contribution in [3.8, 4) is 0 Å². The lowest BCUT2D eigenvalue weighted by atomic mass is 9.93. The number of ether oxygens (including phenoxy) is 2. The van der Waals surface area contributed by atoms with Gasteiger partial charge in [0, 0.05) is 25.5 Å². The topological polar surface area (TPSA) is 111 Å². The number of nitrogens with two attached hydrogens (primary N) is 1. The maximum atomic E-state index is 11.7. The summed E-state index contributed by atoms with van der Waals surface area (Å²) in [7, 11) is 0. The SMILES string of the molecule is CCOC1CCC(Nc2ncc(C(N)=O)c(N[C@H]3CCCOC3)n2)CC1. The van der Waals surface area contributed by atoms with Crippen molar-refractivity contribution < 1.29 is 14.3 Å². The molecule has 1 aliphatic carbocycles. The molecule has 2 aliphatic rings. The lowest BCUT2D eigenvalue weighted by Crippen LogP contribution is -2.32. The predicted molar refractivity (Wildman–Crippen MR) is 99.3 cm³/mol. The third kappa shape index (κ3) is 5.04. The molecule has 1 aromatic heterocycles. The van der Waals surface area contributed by atoms with Crippen LogP contribution < -0.4 is 16.4 Å². The van der Waals surface area contributed by atoms with Crippen molar-refractivity contribution in [2.75, 3.05) is 30.5 Å². The number of carbonyl (C=O) groups is 1. The third-order valence-corrected chi connectivity index (χ3v) is 4.97. The molecule has 8 nitrogen and oxygen atoms in total. The molecule has 8 heteroatoms. The molecule has 0 radical (unpaired) electrons. The van der Waals surface area contributed by atoms with Gasteiger partial charge in [-0.05, 0) is 45.4 Å². The monoisotopic (exact) mass is 363 g/mol. The van der Waals surface area contributed by atoms with Gasteiger partial charge in [-0.1, -0.05) is 0 Å². The molecule has 0 bridgehead atoms. The average molecular weight is 363 g/mol. The molecule has 4 N–H and O–H groups in total. The van der Waals surface area contributed by atoms with Gasteiger partial charge in [0.05, 0.1) is 24.3 Å². The number of nitrogens with zero attached hydrogens (tertiary/aromatic N) is 2. The van der Waals surface area contributed by atoms with Gasteiger partial charge < -0.3 is 25.8 Å². The minimum absolute atomic E-state index is 0.131. The molecule has 1 aliphatic heterocycles. The van der Waals surface area contributed by atoms with Gasteiger partial charge in [0.15, 0.2) is 0 Å². The Morgan fingerprint density at radius 3 is 2.73 bits per heavy atom. The number of amides is 1. The van der Waals surface area contributed by atoms with Gasteiger partial charge in [0.2, 0.25) is 5.95 Å². The predicted octanol–water partition coefficient (Wildman–Crippen LogP) is 1.93. The van der Waals surface area contributed by atoms with Crippen LogP contribution in [0, 0.1) is 0 Å². The molecule has 1 saturated heterocycles. The highest BCUT2D eigenvalue weighted by Crippen LogP contribution is 2.24. The van der Waals surface area contributed by atoms with Gasteiger partial charge in [-0.15, -0.1) is 0 Å². The van der Waals surface area contributed by atoms with Crippen molar-refractivity contribution in [3.63, 3.8) is 0 Å². The van der Waals surface area contributed by atoms with E-state index < -0.39 is 5.91 Å². The van der Waals surface area contributed by atoms with Crippen molar-refractivity contribution in [2.24, 2.45) is 5.73 Å². The van der Waals surface area contributed by atoms with E-state index in [1.165, 1.54) is 6.20 Å². The van der Waals surface area contributed by atoms with Crippen molar-refractivity contribution in [2.45, 2.75) is 63.6 Å². The van der Waals surface area contributed by atoms with E-state index in [1.54, 1.807) is 0 Å². The number of anilines is 2. The first kappa shape index (κ1) is 18.8. The van der Waals surface area contributed by atoms with Gasteiger partial charge in [0.1, 0.15) is 5.82 Å². The van der Waals surface area contributed by atoms with Crippen LogP contribution in [0.5, 0.6) is 0 Å². The van der Waals surface area contributed by atoms with Gasteiger partial charge in [0.25, 0.3) is 5.91 Å². The maximum absolute atomic E-state index is 11.7. The van der Waals surface area contributed by atoms with E-state index in [0.29, 0.717) is 36.1 Å². The van der Waals surface area contributed by atoms with E-state index in [-0.39, 0.29) is 6.04 Å². The number of nitrogens with one attached hydrogen (secondary N) is 2. The van der Waals surface area contributed by atoms with Crippen LogP contribution in [-0.4, -0.2) is 53.9 Å². The van der Waals surface area contributed by atoms with E-state index >= 15 is 0 Å². The zero-order valence-corrected chi connectivity index (χ0v) is 15.4. The molecule has 0 aromatic carbocycles. The standard InChI is InChI=1S/C18H29N5O3/c1-2-26-14-7-5-12(6-8-14)22-18-20-10-15(16(19)24)17(23-18)21-13-4-3-9-25-11-13/h10,12-14H,2-9,11H2,1H3,(H2,19,24)(H2,20,21,22,23)/t12?,13-,14?/m0/s1. The van der Waals surface area contributed by atoms with E-state index in [9.17, 15) is 4.79 Å². The largest absolute Gasteiger partial charge is 0.379 e. The molecule has 3 rings (SSSR count). The quantitative estimate of drug-likeness (QED) is 0.678. The van der Waals surface area contributed by atoms with Crippen LogP contribution >= 0.6 is 0 Å². The summed E-state index contributed by atoms with van der Waals surface area (Å²) in [6.07, 6.45) is 7.94. The second-order valence-corrected chi connectivity index (χ2v) is 6.95. The summed E-state index contributed by atoms with van der Waals surface area (Å²) in [4.78, 5) is 20.5. The summed E-state index contributed by atoms with van der Waals surface area (Å²) in [5.74, 6) is 0.468. The number of aromatic nitrogens is 2. The van der Waals surface area contributed by atoms with Gasteiger partial charge in [-0.3, -0.25) is 4.79 Å². The Kier molecular flexibility index (Phi) is 6.62. The smallest absolute Gasteiger partial charge is 0.254 e. The fraction of sp³-hybridized carbons (Fsp3) is 0.722. The Balaban J connectivity index is 1.64. The highest BCUT2D eigenvalue weighted by Gasteiger charge is 2.23. The van der Waals surface area contributed by atoms with Crippen molar-refractivity contribution in [3.05, 3.63) is 11.8 Å². The van der Waals surface area contributed by atoms with Crippen LogP contribution in [0.4, 0.5) is 11.8 Å². The summed E-state index contributed by atoms with van der Waals surface area (Å²) >= 11 is 0. The maximum Gasteiger partial charge on any atom is 0.254 e. The summed E-state index contributed by atoms with van der Waals surface area (Å²) in [6, 6.07) is 0.447. The number of primary amides is 1. The van der Waals surface area contributed by atoms with E-state index in [1.807, 2.05) is 6.92 Å². The fourth-order valence-corrected chi connectivity index (χ4v) is 3.58. The Hall–Kier alpha value is -1.93. The van der Waals surface area contributed by atoms with Crippen LogP contribution in [0.25, 0.3) is 0 Å². The summed E-state index contributed by atoms with van der Waals surface area (Å²) < 4.78 is 11.2. The van der Waals surface area contributed by atoms with Crippen molar-refractivity contribution in [1.29, 1.82) is 0 Å². The van der Waals surface area contributed by atoms with Gasteiger partial charge >= 0.3 is 0 Å². The van der Waals surface area contributed by atoms with Crippen LogP contribution in [0.1, 0.15) is 55.8 Å². The Labute approximate surface area is 154 Å². The Morgan fingerprint density at radius 2 is 2.08 bits per heavy atom. The number of hydrogen-bond acceptors (Lipinski definition) is 7. The summed E-state index contributed by atoms with van der Waals surface area (Å²) in [5.41, 5.74) is 5.78. The molecular weight excluding hydrogens is 334 g/mol. The van der Waals surface area contributed by atoms with E-state index in [2.05, 4.69) is 20.6 Å². The van der Waals surface area contributed by atoms with Gasteiger partial charge in [-0.25, -0.2) is 4.98 Å². The highest BCUT2D eigenvalue weighted by molar-refractivity contribution is 5.97. The molecule has 1 amide bonds. The number of hydrogen-bond donors (Lipinski definition) is 3.